The lowest BCUT2D eigenvalue weighted by molar-refractivity contribution is -0.143. The number of carbonyl (C=O) groups is 2. The second-order valence-corrected chi connectivity index (χ2v) is 4.79. The molecule has 5 nitrogen and oxygen atoms in total. The van der Waals surface area contributed by atoms with Crippen LogP contribution in [0.2, 0.25) is 0 Å². The predicted octanol–water partition coefficient (Wildman–Crippen LogP) is 3.53. The molecule has 0 atom stereocenters. The van der Waals surface area contributed by atoms with Gasteiger partial charge in [-0.3, -0.25) is 4.79 Å². The molecule has 0 aromatic carbocycles. The Hall–Kier alpha value is -1.52. The first-order valence-electron chi connectivity index (χ1n) is 7.83. The lowest BCUT2D eigenvalue weighted by Gasteiger charge is -2.21. The maximum atomic E-state index is 11.9. The van der Waals surface area contributed by atoms with Gasteiger partial charge in [0, 0.05) is 19.5 Å². The van der Waals surface area contributed by atoms with E-state index in [1.807, 2.05) is 0 Å². The van der Waals surface area contributed by atoms with Gasteiger partial charge in [0.15, 0.2) is 0 Å². The van der Waals surface area contributed by atoms with Crippen LogP contribution in [0, 0.1) is 0 Å². The molecule has 0 fully saturated rings. The average molecular weight is 299 g/mol. The van der Waals surface area contributed by atoms with Gasteiger partial charge in [0.05, 0.1) is 13.2 Å². The minimum atomic E-state index is -0.276. The lowest BCUT2D eigenvalue weighted by atomic mass is 10.2. The molecule has 122 valence electrons. The Balaban J connectivity index is 4.01. The van der Waals surface area contributed by atoms with Crippen LogP contribution in [-0.2, 0) is 14.3 Å². The molecule has 0 aliphatic rings. The molecule has 5 heteroatoms. The van der Waals surface area contributed by atoms with Gasteiger partial charge in [-0.1, -0.05) is 19.4 Å². The second kappa shape index (κ2) is 13.5. The normalized spacial score (nSPS) is 10.0. The summed E-state index contributed by atoms with van der Waals surface area (Å²) in [5.41, 5.74) is 0. The van der Waals surface area contributed by atoms with Crippen LogP contribution in [0.25, 0.3) is 0 Å². The Morgan fingerprint density at radius 2 is 1.86 bits per heavy atom. The maximum absolute atomic E-state index is 11.9. The van der Waals surface area contributed by atoms with E-state index in [4.69, 9.17) is 9.47 Å². The highest BCUT2D eigenvalue weighted by molar-refractivity contribution is 5.69. The van der Waals surface area contributed by atoms with Gasteiger partial charge in [-0.15, -0.1) is 6.58 Å². The van der Waals surface area contributed by atoms with Crippen molar-refractivity contribution in [1.82, 2.24) is 4.90 Å². The smallest absolute Gasteiger partial charge is 0.409 e. The summed E-state index contributed by atoms with van der Waals surface area (Å²) in [4.78, 5) is 24.8. The van der Waals surface area contributed by atoms with Crippen molar-refractivity contribution in [2.75, 3.05) is 26.3 Å². The Morgan fingerprint density at radius 1 is 1.10 bits per heavy atom. The minimum absolute atomic E-state index is 0.180. The molecule has 0 heterocycles. The van der Waals surface area contributed by atoms with E-state index in [0.717, 1.165) is 25.7 Å². The minimum Gasteiger partial charge on any atom is -0.466 e. The fourth-order valence-corrected chi connectivity index (χ4v) is 1.74. The van der Waals surface area contributed by atoms with Crippen molar-refractivity contribution in [2.45, 2.75) is 52.4 Å². The van der Waals surface area contributed by atoms with Crippen molar-refractivity contribution in [3.8, 4) is 0 Å². The van der Waals surface area contributed by atoms with Gasteiger partial charge in [0.2, 0.25) is 0 Å². The summed E-state index contributed by atoms with van der Waals surface area (Å²) in [5.74, 6) is -0.180. The molecular weight excluding hydrogens is 270 g/mol. The standard InChI is InChI=1S/C16H29NO4/c1-4-7-12-17(16(19)21-14-8-5-2)13-10-9-11-15(18)20-6-3/h4H,1,5-14H2,2-3H3. The van der Waals surface area contributed by atoms with E-state index in [1.165, 1.54) is 0 Å². The molecule has 0 aliphatic heterocycles. The maximum Gasteiger partial charge on any atom is 0.409 e. The molecule has 0 rings (SSSR count). The highest BCUT2D eigenvalue weighted by Gasteiger charge is 2.13. The topological polar surface area (TPSA) is 55.8 Å². The molecule has 0 saturated heterocycles. The molecule has 0 saturated carbocycles. The summed E-state index contributed by atoms with van der Waals surface area (Å²) in [7, 11) is 0. The summed E-state index contributed by atoms with van der Waals surface area (Å²) in [6.07, 6.45) is 5.99. The lowest BCUT2D eigenvalue weighted by Crippen LogP contribution is -2.33. The predicted molar refractivity (Wildman–Crippen MR) is 83.1 cm³/mol. The van der Waals surface area contributed by atoms with E-state index < -0.39 is 0 Å². The molecule has 0 bridgehead atoms. The molecule has 0 radical (unpaired) electrons. The Labute approximate surface area is 128 Å². The number of amides is 1. The second-order valence-electron chi connectivity index (χ2n) is 4.79. The number of hydrogen-bond acceptors (Lipinski definition) is 4. The van der Waals surface area contributed by atoms with Gasteiger partial charge in [0.1, 0.15) is 0 Å². The third-order valence-electron chi connectivity index (χ3n) is 2.95. The van der Waals surface area contributed by atoms with Crippen molar-refractivity contribution in [3.05, 3.63) is 12.7 Å². The first-order valence-corrected chi connectivity index (χ1v) is 7.83. The monoisotopic (exact) mass is 299 g/mol. The van der Waals surface area contributed by atoms with Gasteiger partial charge >= 0.3 is 12.1 Å². The van der Waals surface area contributed by atoms with E-state index in [9.17, 15) is 9.59 Å². The number of hydrogen-bond donors (Lipinski definition) is 0. The number of esters is 1. The summed E-state index contributed by atoms with van der Waals surface area (Å²) in [5, 5.41) is 0. The van der Waals surface area contributed by atoms with Crippen LogP contribution < -0.4 is 0 Å². The van der Waals surface area contributed by atoms with Crippen molar-refractivity contribution in [1.29, 1.82) is 0 Å². The molecule has 1 amide bonds. The van der Waals surface area contributed by atoms with Gasteiger partial charge in [0.25, 0.3) is 0 Å². The van der Waals surface area contributed by atoms with Crippen LogP contribution in [0.4, 0.5) is 4.79 Å². The first-order chi connectivity index (χ1) is 10.2. The van der Waals surface area contributed by atoms with Crippen LogP contribution in [0.1, 0.15) is 52.4 Å². The highest BCUT2D eigenvalue weighted by Crippen LogP contribution is 2.04. The Morgan fingerprint density at radius 3 is 2.48 bits per heavy atom. The van der Waals surface area contributed by atoms with Crippen LogP contribution in [0.3, 0.4) is 0 Å². The molecular formula is C16H29NO4. The Kier molecular flexibility index (Phi) is 12.5. The fraction of sp³-hybridized carbons (Fsp3) is 0.750. The zero-order valence-electron chi connectivity index (χ0n) is 13.4. The Bertz CT molecular complexity index is 305. The largest absolute Gasteiger partial charge is 0.466 e. The number of unbranched alkanes of at least 4 members (excludes halogenated alkanes) is 2. The number of nitrogens with zero attached hydrogens (tertiary/aromatic N) is 1. The van der Waals surface area contributed by atoms with Crippen LogP contribution in [0.15, 0.2) is 12.7 Å². The van der Waals surface area contributed by atoms with E-state index in [2.05, 4.69) is 13.5 Å². The van der Waals surface area contributed by atoms with Crippen LogP contribution in [-0.4, -0.2) is 43.3 Å². The van der Waals surface area contributed by atoms with Gasteiger partial charge in [-0.25, -0.2) is 4.79 Å². The molecule has 0 aliphatic carbocycles. The molecule has 0 unspecified atom stereocenters. The molecule has 21 heavy (non-hydrogen) atoms. The fourth-order valence-electron chi connectivity index (χ4n) is 1.74. The van der Waals surface area contributed by atoms with Crippen molar-refractivity contribution >= 4 is 12.1 Å². The average Bonchev–Trinajstić information content (AvgIpc) is 2.47. The van der Waals surface area contributed by atoms with E-state index in [1.54, 1.807) is 17.9 Å². The van der Waals surface area contributed by atoms with E-state index in [0.29, 0.717) is 39.1 Å². The third kappa shape index (κ3) is 10.9. The summed E-state index contributed by atoms with van der Waals surface area (Å²) < 4.78 is 10.1. The molecule has 0 spiro atoms. The zero-order valence-corrected chi connectivity index (χ0v) is 13.4. The number of ether oxygens (including phenoxy) is 2. The van der Waals surface area contributed by atoms with Crippen LogP contribution >= 0.6 is 0 Å². The first kappa shape index (κ1) is 19.5. The molecule has 0 aromatic heterocycles. The number of carbonyl (C=O) groups excluding carboxylic acids is 2. The van der Waals surface area contributed by atoms with Crippen molar-refractivity contribution in [3.63, 3.8) is 0 Å². The summed E-state index contributed by atoms with van der Waals surface area (Å²) >= 11 is 0. The SMILES string of the molecule is C=CCCN(CCCCC(=O)OCC)C(=O)OCCCC. The zero-order chi connectivity index (χ0) is 15.9. The van der Waals surface area contributed by atoms with Crippen LogP contribution in [0.5, 0.6) is 0 Å². The highest BCUT2D eigenvalue weighted by atomic mass is 16.6. The van der Waals surface area contributed by atoms with Gasteiger partial charge in [-0.05, 0) is 32.6 Å². The van der Waals surface area contributed by atoms with Crippen molar-refractivity contribution < 1.29 is 19.1 Å². The molecule has 0 N–H and O–H groups in total. The van der Waals surface area contributed by atoms with Crippen molar-refractivity contribution in [2.24, 2.45) is 0 Å². The summed E-state index contributed by atoms with van der Waals surface area (Å²) in [6.45, 7) is 9.59. The van der Waals surface area contributed by atoms with E-state index >= 15 is 0 Å². The van der Waals surface area contributed by atoms with Gasteiger partial charge in [-0.2, -0.15) is 0 Å². The third-order valence-corrected chi connectivity index (χ3v) is 2.95. The quantitative estimate of drug-likeness (QED) is 0.314. The van der Waals surface area contributed by atoms with Gasteiger partial charge < -0.3 is 14.4 Å². The summed E-state index contributed by atoms with van der Waals surface area (Å²) in [6, 6.07) is 0. The molecule has 0 aromatic rings. The number of rotatable bonds is 12. The van der Waals surface area contributed by atoms with E-state index in [-0.39, 0.29) is 12.1 Å².